The molecule has 0 saturated carbocycles. The number of carbonyl (C=O) groups excluding carboxylic acids is 1. The van der Waals surface area contributed by atoms with E-state index in [1.807, 2.05) is 0 Å². The fraction of sp³-hybridized carbons (Fsp3) is 0.167. The number of primary amides is 1. The highest BCUT2D eigenvalue weighted by Gasteiger charge is 2.27. The van der Waals surface area contributed by atoms with Crippen molar-refractivity contribution >= 4 is 6.03 Å². The predicted molar refractivity (Wildman–Crippen MR) is 88.1 cm³/mol. The Bertz CT molecular complexity index is 779. The molecule has 2 aromatic carbocycles. The molecule has 2 aromatic rings. The number of carbonyl (C=O) groups is 1. The molecule has 0 bridgehead atoms. The highest BCUT2D eigenvalue weighted by atomic mass is 19.1. The van der Waals surface area contributed by atoms with Crippen LogP contribution in [0.25, 0.3) is 0 Å². The number of nitrogens with zero attached hydrogens (tertiary/aromatic N) is 1. The molecule has 7 heteroatoms. The number of benzene rings is 2. The number of rotatable bonds is 5. The Morgan fingerprint density at radius 2 is 1.84 bits per heavy atom. The molecule has 130 valence electrons. The summed E-state index contributed by atoms with van der Waals surface area (Å²) in [6, 6.07) is 11.3. The zero-order valence-electron chi connectivity index (χ0n) is 13.2. The maximum atomic E-state index is 12.9. The number of urea groups is 1. The third-order valence-corrected chi connectivity index (χ3v) is 3.70. The molecule has 0 heterocycles. The average Bonchev–Trinajstić information content (AvgIpc) is 3.05. The number of hydroxylamine groups is 2. The summed E-state index contributed by atoms with van der Waals surface area (Å²) in [7, 11) is 0. The first kappa shape index (κ1) is 16.8. The fourth-order valence-corrected chi connectivity index (χ4v) is 2.50. The smallest absolute Gasteiger partial charge is 0.339 e. The van der Waals surface area contributed by atoms with Crippen molar-refractivity contribution in [2.75, 3.05) is 0 Å². The van der Waals surface area contributed by atoms with Gasteiger partial charge in [-0.25, -0.2) is 9.18 Å². The minimum Gasteiger partial charge on any atom is -0.486 e. The first-order valence-electron chi connectivity index (χ1n) is 7.67. The molecule has 3 rings (SSSR count). The average molecular weight is 344 g/mol. The summed E-state index contributed by atoms with van der Waals surface area (Å²) < 4.78 is 24.4. The van der Waals surface area contributed by atoms with E-state index < -0.39 is 12.1 Å². The monoisotopic (exact) mass is 344 g/mol. The minimum atomic E-state index is -0.912. The lowest BCUT2D eigenvalue weighted by Crippen LogP contribution is -2.40. The summed E-state index contributed by atoms with van der Waals surface area (Å²) in [6.45, 7) is 0. The Balaban J connectivity index is 1.62. The highest BCUT2D eigenvalue weighted by molar-refractivity contribution is 5.71. The van der Waals surface area contributed by atoms with Gasteiger partial charge in [0.25, 0.3) is 0 Å². The van der Waals surface area contributed by atoms with Crippen LogP contribution >= 0.6 is 0 Å². The number of amides is 2. The summed E-state index contributed by atoms with van der Waals surface area (Å²) in [4.78, 5) is 11.0. The van der Waals surface area contributed by atoms with Crippen molar-refractivity contribution in [1.82, 2.24) is 5.06 Å². The van der Waals surface area contributed by atoms with E-state index in [-0.39, 0.29) is 11.9 Å². The molecule has 2 amide bonds. The lowest BCUT2D eigenvalue weighted by atomic mass is 10.2. The first-order chi connectivity index (χ1) is 12.0. The largest absolute Gasteiger partial charge is 0.486 e. The Hall–Kier alpha value is -3.06. The molecule has 2 atom stereocenters. The van der Waals surface area contributed by atoms with E-state index in [0.29, 0.717) is 28.7 Å². The van der Waals surface area contributed by atoms with Crippen molar-refractivity contribution in [3.8, 4) is 17.2 Å². The van der Waals surface area contributed by atoms with Crippen molar-refractivity contribution in [3.63, 3.8) is 0 Å². The van der Waals surface area contributed by atoms with Crippen LogP contribution in [0.1, 0.15) is 6.42 Å². The third-order valence-electron chi connectivity index (χ3n) is 3.70. The second kappa shape index (κ2) is 7.23. The molecule has 0 aromatic heterocycles. The molecule has 0 fully saturated rings. The topological polar surface area (TPSA) is 85.0 Å². The number of halogens is 1. The molecular weight excluding hydrogens is 327 g/mol. The molecule has 0 aliphatic heterocycles. The number of hydrogen-bond acceptors (Lipinski definition) is 4. The summed E-state index contributed by atoms with van der Waals surface area (Å²) in [5, 5.41) is 10.0. The van der Waals surface area contributed by atoms with E-state index in [1.165, 1.54) is 24.3 Å². The highest BCUT2D eigenvalue weighted by Crippen LogP contribution is 2.28. The van der Waals surface area contributed by atoms with E-state index >= 15 is 0 Å². The molecule has 25 heavy (non-hydrogen) atoms. The molecule has 6 nitrogen and oxygen atoms in total. The third kappa shape index (κ3) is 4.27. The fourth-order valence-electron chi connectivity index (χ4n) is 2.50. The molecule has 0 radical (unpaired) electrons. The van der Waals surface area contributed by atoms with Gasteiger partial charge in [-0.05, 0) is 42.5 Å². The van der Waals surface area contributed by atoms with Gasteiger partial charge >= 0.3 is 6.03 Å². The van der Waals surface area contributed by atoms with Crippen LogP contribution in [0.5, 0.6) is 17.2 Å². The van der Waals surface area contributed by atoms with Gasteiger partial charge in [0, 0.05) is 12.5 Å². The molecule has 0 spiro atoms. The van der Waals surface area contributed by atoms with Crippen molar-refractivity contribution in [3.05, 3.63) is 66.5 Å². The van der Waals surface area contributed by atoms with E-state index in [1.54, 1.807) is 36.4 Å². The number of ether oxygens (including phenoxy) is 2. The van der Waals surface area contributed by atoms with Crippen LogP contribution in [0, 0.1) is 5.82 Å². The van der Waals surface area contributed by atoms with Crippen molar-refractivity contribution in [2.45, 2.75) is 18.6 Å². The van der Waals surface area contributed by atoms with Gasteiger partial charge in [0.05, 0.1) is 6.04 Å². The van der Waals surface area contributed by atoms with Gasteiger partial charge in [-0.15, -0.1) is 0 Å². The summed E-state index contributed by atoms with van der Waals surface area (Å²) >= 11 is 0. The van der Waals surface area contributed by atoms with Crippen molar-refractivity contribution in [2.24, 2.45) is 5.73 Å². The molecule has 0 unspecified atom stereocenters. The Labute approximate surface area is 143 Å². The maximum absolute atomic E-state index is 12.9. The van der Waals surface area contributed by atoms with E-state index in [9.17, 15) is 14.4 Å². The van der Waals surface area contributed by atoms with Crippen LogP contribution in [0.2, 0.25) is 0 Å². The van der Waals surface area contributed by atoms with Gasteiger partial charge in [-0.3, -0.25) is 5.21 Å². The van der Waals surface area contributed by atoms with Gasteiger partial charge in [0.2, 0.25) is 0 Å². The SMILES string of the molecule is NC(=O)N(O)[C@H]1C=C[C@@H](Oc2cccc(Oc3ccc(F)cc3)c2)C1. The van der Waals surface area contributed by atoms with Gasteiger partial charge in [0.15, 0.2) is 0 Å². The molecule has 1 aliphatic carbocycles. The van der Waals surface area contributed by atoms with Gasteiger partial charge in [0.1, 0.15) is 29.2 Å². The summed E-state index contributed by atoms with van der Waals surface area (Å²) in [6.07, 6.45) is 3.50. The summed E-state index contributed by atoms with van der Waals surface area (Å²) in [5.74, 6) is 1.29. The van der Waals surface area contributed by atoms with Crippen LogP contribution in [0.3, 0.4) is 0 Å². The van der Waals surface area contributed by atoms with Crippen LogP contribution in [0.4, 0.5) is 9.18 Å². The quantitative estimate of drug-likeness (QED) is 0.494. The summed E-state index contributed by atoms with van der Waals surface area (Å²) in [5.41, 5.74) is 5.04. The second-order valence-corrected chi connectivity index (χ2v) is 5.56. The molecule has 0 saturated heterocycles. The van der Waals surface area contributed by atoms with Gasteiger partial charge < -0.3 is 15.2 Å². The minimum absolute atomic E-state index is 0.305. The Kier molecular flexibility index (Phi) is 4.85. The van der Waals surface area contributed by atoms with Crippen LogP contribution < -0.4 is 15.2 Å². The molecule has 1 aliphatic rings. The first-order valence-corrected chi connectivity index (χ1v) is 7.67. The second-order valence-electron chi connectivity index (χ2n) is 5.56. The van der Waals surface area contributed by atoms with Crippen LogP contribution in [-0.4, -0.2) is 28.4 Å². The number of nitrogens with two attached hydrogens (primary N) is 1. The van der Waals surface area contributed by atoms with E-state index in [2.05, 4.69) is 0 Å². The van der Waals surface area contributed by atoms with Gasteiger partial charge in [-0.1, -0.05) is 12.1 Å². The molecule has 3 N–H and O–H groups in total. The van der Waals surface area contributed by atoms with Crippen LogP contribution in [0.15, 0.2) is 60.7 Å². The van der Waals surface area contributed by atoms with E-state index in [0.717, 1.165) is 0 Å². The van der Waals surface area contributed by atoms with Gasteiger partial charge in [-0.2, -0.15) is 5.06 Å². The zero-order valence-corrected chi connectivity index (χ0v) is 13.2. The van der Waals surface area contributed by atoms with Crippen molar-refractivity contribution < 1.29 is 23.9 Å². The normalized spacial score (nSPS) is 18.8. The molecular formula is C18H17FN2O4. The predicted octanol–water partition coefficient (Wildman–Crippen LogP) is 3.46. The lowest BCUT2D eigenvalue weighted by Gasteiger charge is -2.20. The van der Waals surface area contributed by atoms with E-state index in [4.69, 9.17) is 15.2 Å². The lowest BCUT2D eigenvalue weighted by molar-refractivity contribution is -0.0645. The Morgan fingerprint density at radius 1 is 1.12 bits per heavy atom. The van der Waals surface area contributed by atoms with Crippen LogP contribution in [-0.2, 0) is 0 Å². The van der Waals surface area contributed by atoms with Crippen molar-refractivity contribution in [1.29, 1.82) is 0 Å². The standard InChI is InChI=1S/C18H17FN2O4/c19-12-4-7-14(8-5-12)24-15-2-1-3-16(11-15)25-17-9-6-13(10-17)21(23)18(20)22/h1-9,11,13,17,23H,10H2,(H2,20,22)/t13-,17+/m0/s1. The zero-order chi connectivity index (χ0) is 17.8. The maximum Gasteiger partial charge on any atom is 0.339 e. The number of hydrogen-bond donors (Lipinski definition) is 2. The Morgan fingerprint density at radius 3 is 2.56 bits per heavy atom.